The highest BCUT2D eigenvalue weighted by Gasteiger charge is 2.25. The van der Waals surface area contributed by atoms with Crippen molar-refractivity contribution in [2.75, 3.05) is 27.1 Å². The second-order valence-corrected chi connectivity index (χ2v) is 8.81. The Morgan fingerprint density at radius 3 is 2.50 bits per heavy atom. The molecule has 0 N–H and O–H groups in total. The third kappa shape index (κ3) is 9.17. The summed E-state index contributed by atoms with van der Waals surface area (Å²) in [5, 5.41) is 0.702. The molecule has 2 aromatic rings. The standard InChI is InChI=1S/C24H29Cl2NO5/c1-24(2,3)32-22(28)14-21(27-15-17-8-6-5-7-9-17)19-12-18(25)13-20(26)23(19)31-16-30-11-10-29-4/h5-9,12-13,15,21H,10-11,14,16H2,1-4H3/t21-/m1/s1. The van der Waals surface area contributed by atoms with Crippen LogP contribution in [0.2, 0.25) is 10.0 Å². The van der Waals surface area contributed by atoms with Crippen molar-refractivity contribution in [1.29, 1.82) is 0 Å². The fourth-order valence-corrected chi connectivity index (χ4v) is 3.34. The van der Waals surface area contributed by atoms with Crippen molar-refractivity contribution in [1.82, 2.24) is 0 Å². The molecular formula is C24H29Cl2NO5. The molecule has 0 radical (unpaired) electrons. The SMILES string of the molecule is COCCOCOc1c(Cl)cc(Cl)cc1[C@@H](CC(=O)OC(C)(C)C)N=Cc1ccccc1. The van der Waals surface area contributed by atoms with Crippen LogP contribution < -0.4 is 4.74 Å². The van der Waals surface area contributed by atoms with Gasteiger partial charge in [0.25, 0.3) is 0 Å². The number of esters is 1. The van der Waals surface area contributed by atoms with Crippen LogP contribution in [0.1, 0.15) is 44.4 Å². The second kappa shape index (κ2) is 12.8. The number of aliphatic imine (C=N–C) groups is 1. The van der Waals surface area contributed by atoms with Gasteiger partial charge in [-0.05, 0) is 38.5 Å². The lowest BCUT2D eigenvalue weighted by molar-refractivity contribution is -0.155. The summed E-state index contributed by atoms with van der Waals surface area (Å²) >= 11 is 12.7. The van der Waals surface area contributed by atoms with Crippen LogP contribution in [-0.2, 0) is 19.0 Å². The van der Waals surface area contributed by atoms with Crippen molar-refractivity contribution in [3.63, 3.8) is 0 Å². The number of hydrogen-bond acceptors (Lipinski definition) is 6. The van der Waals surface area contributed by atoms with Crippen LogP contribution in [0.4, 0.5) is 0 Å². The molecule has 0 aliphatic heterocycles. The number of hydrogen-bond donors (Lipinski definition) is 0. The number of carbonyl (C=O) groups is 1. The van der Waals surface area contributed by atoms with Gasteiger partial charge in [0, 0.05) is 23.9 Å². The minimum Gasteiger partial charge on any atom is -0.466 e. The smallest absolute Gasteiger partial charge is 0.308 e. The van der Waals surface area contributed by atoms with E-state index in [1.54, 1.807) is 25.5 Å². The Morgan fingerprint density at radius 1 is 1.12 bits per heavy atom. The quantitative estimate of drug-likeness (QED) is 0.173. The monoisotopic (exact) mass is 481 g/mol. The van der Waals surface area contributed by atoms with Gasteiger partial charge in [-0.3, -0.25) is 9.79 Å². The first kappa shape index (κ1) is 26.1. The molecule has 0 heterocycles. The molecule has 0 saturated carbocycles. The van der Waals surface area contributed by atoms with Crippen LogP contribution >= 0.6 is 23.2 Å². The highest BCUT2D eigenvalue weighted by atomic mass is 35.5. The molecule has 0 aromatic heterocycles. The van der Waals surface area contributed by atoms with Crippen molar-refractivity contribution in [3.8, 4) is 5.75 Å². The number of methoxy groups -OCH3 is 1. The van der Waals surface area contributed by atoms with Crippen molar-refractivity contribution in [3.05, 3.63) is 63.6 Å². The minimum atomic E-state index is -0.629. The topological polar surface area (TPSA) is 66.4 Å². The Balaban J connectivity index is 2.35. The van der Waals surface area contributed by atoms with Gasteiger partial charge in [0.1, 0.15) is 11.4 Å². The van der Waals surface area contributed by atoms with E-state index in [0.29, 0.717) is 34.6 Å². The van der Waals surface area contributed by atoms with Crippen LogP contribution in [0.15, 0.2) is 47.5 Å². The van der Waals surface area contributed by atoms with Crippen molar-refractivity contribution in [2.24, 2.45) is 4.99 Å². The zero-order valence-corrected chi connectivity index (χ0v) is 20.3. The molecule has 0 saturated heterocycles. The zero-order valence-electron chi connectivity index (χ0n) is 18.8. The summed E-state index contributed by atoms with van der Waals surface area (Å²) in [5.74, 6) is -0.0432. The van der Waals surface area contributed by atoms with E-state index in [0.717, 1.165) is 5.56 Å². The van der Waals surface area contributed by atoms with E-state index in [9.17, 15) is 4.79 Å². The van der Waals surface area contributed by atoms with Crippen LogP contribution in [0.5, 0.6) is 5.75 Å². The molecule has 0 spiro atoms. The second-order valence-electron chi connectivity index (χ2n) is 7.96. The zero-order chi connectivity index (χ0) is 23.6. The predicted octanol–water partition coefficient (Wildman–Crippen LogP) is 5.88. The minimum absolute atomic E-state index is 0.0157. The molecule has 0 fully saturated rings. The normalized spacial score (nSPS) is 12.7. The Kier molecular flexibility index (Phi) is 10.5. The maximum atomic E-state index is 12.6. The average molecular weight is 482 g/mol. The van der Waals surface area contributed by atoms with Crippen LogP contribution in [0.25, 0.3) is 0 Å². The van der Waals surface area contributed by atoms with Crippen molar-refractivity contribution < 1.29 is 23.7 Å². The van der Waals surface area contributed by atoms with E-state index in [1.807, 2.05) is 51.1 Å². The number of halogens is 2. The predicted molar refractivity (Wildman–Crippen MR) is 127 cm³/mol. The van der Waals surface area contributed by atoms with E-state index in [4.69, 9.17) is 42.1 Å². The van der Waals surface area contributed by atoms with Gasteiger partial charge in [-0.25, -0.2) is 0 Å². The highest BCUT2D eigenvalue weighted by molar-refractivity contribution is 6.35. The molecule has 32 heavy (non-hydrogen) atoms. The molecule has 2 aromatic carbocycles. The van der Waals surface area contributed by atoms with Gasteiger partial charge in [-0.1, -0.05) is 53.5 Å². The van der Waals surface area contributed by atoms with Crippen LogP contribution in [0.3, 0.4) is 0 Å². The Hall–Kier alpha value is -2.12. The first-order chi connectivity index (χ1) is 15.2. The summed E-state index contributed by atoms with van der Waals surface area (Å²) in [4.78, 5) is 17.3. The third-order valence-electron chi connectivity index (χ3n) is 4.10. The number of rotatable bonds is 11. The van der Waals surface area contributed by atoms with Gasteiger partial charge in [-0.2, -0.15) is 0 Å². The first-order valence-corrected chi connectivity index (χ1v) is 10.9. The summed E-state index contributed by atoms with van der Waals surface area (Å²) in [6.07, 6.45) is 1.68. The maximum Gasteiger partial charge on any atom is 0.308 e. The van der Waals surface area contributed by atoms with E-state index in [-0.39, 0.29) is 13.2 Å². The Labute approximate surface area is 199 Å². The molecule has 6 nitrogen and oxygen atoms in total. The number of ether oxygens (including phenoxy) is 4. The molecule has 2 rings (SSSR count). The Bertz CT molecular complexity index is 897. The molecule has 8 heteroatoms. The van der Waals surface area contributed by atoms with Crippen LogP contribution in [-0.4, -0.2) is 44.9 Å². The molecule has 0 aliphatic carbocycles. The molecule has 0 bridgehead atoms. The van der Waals surface area contributed by atoms with E-state index in [2.05, 4.69) is 4.99 Å². The van der Waals surface area contributed by atoms with Crippen LogP contribution in [0, 0.1) is 0 Å². The molecule has 174 valence electrons. The lowest BCUT2D eigenvalue weighted by Gasteiger charge is -2.22. The van der Waals surface area contributed by atoms with Gasteiger partial charge >= 0.3 is 5.97 Å². The van der Waals surface area contributed by atoms with Gasteiger partial charge < -0.3 is 18.9 Å². The molecule has 0 amide bonds. The van der Waals surface area contributed by atoms with Crippen molar-refractivity contribution in [2.45, 2.75) is 38.8 Å². The van der Waals surface area contributed by atoms with Gasteiger partial charge in [0.05, 0.1) is 30.7 Å². The Morgan fingerprint density at radius 2 is 1.84 bits per heavy atom. The van der Waals surface area contributed by atoms with E-state index < -0.39 is 17.6 Å². The summed E-state index contributed by atoms with van der Waals surface area (Å²) in [7, 11) is 1.59. The summed E-state index contributed by atoms with van der Waals surface area (Å²) < 4.78 is 21.7. The fourth-order valence-electron chi connectivity index (χ4n) is 2.78. The highest BCUT2D eigenvalue weighted by Crippen LogP contribution is 2.39. The van der Waals surface area contributed by atoms with Gasteiger partial charge in [0.15, 0.2) is 6.79 Å². The largest absolute Gasteiger partial charge is 0.466 e. The number of carbonyl (C=O) groups excluding carboxylic acids is 1. The lowest BCUT2D eigenvalue weighted by atomic mass is 10.0. The summed E-state index contributed by atoms with van der Waals surface area (Å²) in [6, 6.07) is 12.2. The van der Waals surface area contributed by atoms with E-state index in [1.165, 1.54) is 0 Å². The number of benzene rings is 2. The fraction of sp³-hybridized carbons (Fsp3) is 0.417. The average Bonchev–Trinajstić information content (AvgIpc) is 2.71. The maximum absolute atomic E-state index is 12.6. The van der Waals surface area contributed by atoms with Crippen molar-refractivity contribution >= 4 is 35.4 Å². The van der Waals surface area contributed by atoms with Gasteiger partial charge in [-0.15, -0.1) is 0 Å². The lowest BCUT2D eigenvalue weighted by Crippen LogP contribution is -2.25. The van der Waals surface area contributed by atoms with Gasteiger partial charge in [0.2, 0.25) is 0 Å². The molecule has 0 aliphatic rings. The summed E-state index contributed by atoms with van der Waals surface area (Å²) in [6.45, 7) is 6.21. The molecular weight excluding hydrogens is 453 g/mol. The third-order valence-corrected chi connectivity index (χ3v) is 4.60. The number of nitrogens with zero attached hydrogens (tertiary/aromatic N) is 1. The molecule has 1 atom stereocenters. The summed E-state index contributed by atoms with van der Waals surface area (Å²) in [5.41, 5.74) is 0.835. The first-order valence-electron chi connectivity index (χ1n) is 10.2. The van der Waals surface area contributed by atoms with E-state index >= 15 is 0 Å². The molecule has 0 unspecified atom stereocenters.